The van der Waals surface area contributed by atoms with Crippen LogP contribution in [0.3, 0.4) is 0 Å². The molecule has 0 aliphatic carbocycles. The zero-order chi connectivity index (χ0) is 10.8. The Morgan fingerprint density at radius 2 is 2.47 bits per heavy atom. The fourth-order valence-corrected chi connectivity index (χ4v) is 2.03. The standard InChI is InChI=1S/C11H11BrN2O/c1-14-9(4-5-13)7-15-11-6-8(12)2-3-10(11)14/h2-3,6,9H,4,7H2,1H3. The Balaban J connectivity index is 2.31. The Bertz CT molecular complexity index is 414. The molecule has 2 rings (SSSR count). The molecule has 1 aromatic carbocycles. The van der Waals surface area contributed by atoms with Crippen LogP contribution in [0.5, 0.6) is 5.75 Å². The molecule has 0 saturated heterocycles. The van der Waals surface area contributed by atoms with Crippen molar-refractivity contribution in [2.24, 2.45) is 0 Å². The quantitative estimate of drug-likeness (QED) is 0.784. The molecular weight excluding hydrogens is 256 g/mol. The van der Waals surface area contributed by atoms with Crippen LogP contribution >= 0.6 is 15.9 Å². The number of nitrogens with zero attached hydrogens (tertiary/aromatic N) is 2. The smallest absolute Gasteiger partial charge is 0.143 e. The first-order valence-corrected chi connectivity index (χ1v) is 5.54. The van der Waals surface area contributed by atoms with E-state index < -0.39 is 0 Å². The first-order valence-electron chi connectivity index (χ1n) is 4.74. The summed E-state index contributed by atoms with van der Waals surface area (Å²) in [4.78, 5) is 2.11. The predicted molar refractivity (Wildman–Crippen MR) is 62.1 cm³/mol. The van der Waals surface area contributed by atoms with E-state index in [1.165, 1.54) is 0 Å². The van der Waals surface area contributed by atoms with E-state index in [9.17, 15) is 0 Å². The van der Waals surface area contributed by atoms with Gasteiger partial charge in [-0.05, 0) is 18.2 Å². The minimum atomic E-state index is 0.156. The average molecular weight is 267 g/mol. The average Bonchev–Trinajstić information content (AvgIpc) is 2.22. The minimum Gasteiger partial charge on any atom is -0.489 e. The SMILES string of the molecule is CN1c2ccc(Br)cc2OCC1CC#N. The lowest BCUT2D eigenvalue weighted by Crippen LogP contribution is -2.40. The molecule has 0 spiro atoms. The molecule has 0 aromatic heterocycles. The monoisotopic (exact) mass is 266 g/mol. The van der Waals surface area contributed by atoms with Gasteiger partial charge in [0, 0.05) is 11.5 Å². The Kier molecular flexibility index (Phi) is 2.83. The van der Waals surface area contributed by atoms with Crippen LogP contribution in [0.15, 0.2) is 22.7 Å². The topological polar surface area (TPSA) is 36.3 Å². The number of likely N-dealkylation sites (N-methyl/N-ethyl adjacent to an activating group) is 1. The summed E-state index contributed by atoms with van der Waals surface area (Å²) in [7, 11) is 2.00. The van der Waals surface area contributed by atoms with Gasteiger partial charge in [-0.15, -0.1) is 0 Å². The third-order valence-corrected chi connectivity index (χ3v) is 3.10. The van der Waals surface area contributed by atoms with E-state index in [4.69, 9.17) is 10.00 Å². The summed E-state index contributed by atoms with van der Waals surface area (Å²) in [6.45, 7) is 0.577. The fourth-order valence-electron chi connectivity index (χ4n) is 1.69. The van der Waals surface area contributed by atoms with Gasteiger partial charge in [0.25, 0.3) is 0 Å². The number of rotatable bonds is 1. The molecule has 1 atom stereocenters. The van der Waals surface area contributed by atoms with Crippen molar-refractivity contribution in [3.63, 3.8) is 0 Å². The van der Waals surface area contributed by atoms with Crippen molar-refractivity contribution < 1.29 is 4.74 Å². The summed E-state index contributed by atoms with van der Waals surface area (Å²) < 4.78 is 6.62. The molecule has 1 heterocycles. The van der Waals surface area contributed by atoms with E-state index in [1.54, 1.807) is 0 Å². The largest absolute Gasteiger partial charge is 0.489 e. The van der Waals surface area contributed by atoms with Gasteiger partial charge >= 0.3 is 0 Å². The Labute approximate surface area is 97.4 Å². The molecule has 1 aliphatic heterocycles. The lowest BCUT2D eigenvalue weighted by atomic mass is 10.1. The number of fused-ring (bicyclic) bond motifs is 1. The van der Waals surface area contributed by atoms with Crippen molar-refractivity contribution in [3.8, 4) is 11.8 Å². The minimum absolute atomic E-state index is 0.156. The predicted octanol–water partition coefficient (Wildman–Crippen LogP) is 2.56. The molecule has 0 amide bonds. The van der Waals surface area contributed by atoms with Crippen molar-refractivity contribution >= 4 is 21.6 Å². The van der Waals surface area contributed by atoms with Gasteiger partial charge < -0.3 is 9.64 Å². The van der Waals surface area contributed by atoms with E-state index in [2.05, 4.69) is 26.9 Å². The molecule has 0 saturated carbocycles. The molecule has 3 nitrogen and oxygen atoms in total. The third kappa shape index (κ3) is 1.93. The second-order valence-corrected chi connectivity index (χ2v) is 4.47. The van der Waals surface area contributed by atoms with Gasteiger partial charge in [-0.2, -0.15) is 5.26 Å². The molecule has 0 radical (unpaired) electrons. The lowest BCUT2D eigenvalue weighted by Gasteiger charge is -2.34. The summed E-state index contributed by atoms with van der Waals surface area (Å²) in [5.41, 5.74) is 1.05. The van der Waals surface area contributed by atoms with Crippen molar-refractivity contribution in [1.29, 1.82) is 5.26 Å². The van der Waals surface area contributed by atoms with Gasteiger partial charge in [0.15, 0.2) is 0 Å². The van der Waals surface area contributed by atoms with Gasteiger partial charge in [-0.1, -0.05) is 15.9 Å². The summed E-state index contributed by atoms with van der Waals surface area (Å²) >= 11 is 3.41. The summed E-state index contributed by atoms with van der Waals surface area (Å²) in [5.74, 6) is 0.876. The van der Waals surface area contributed by atoms with Crippen LogP contribution in [0, 0.1) is 11.3 Å². The fraction of sp³-hybridized carbons (Fsp3) is 0.364. The van der Waals surface area contributed by atoms with Crippen molar-refractivity contribution in [1.82, 2.24) is 0 Å². The summed E-state index contributed by atoms with van der Waals surface area (Å²) in [6.07, 6.45) is 0.492. The zero-order valence-electron chi connectivity index (χ0n) is 8.40. The molecule has 1 aliphatic rings. The van der Waals surface area contributed by atoms with Crippen LogP contribution in [-0.4, -0.2) is 19.7 Å². The number of nitriles is 1. The number of ether oxygens (including phenoxy) is 1. The molecule has 15 heavy (non-hydrogen) atoms. The number of hydrogen-bond acceptors (Lipinski definition) is 3. The second-order valence-electron chi connectivity index (χ2n) is 3.55. The van der Waals surface area contributed by atoms with E-state index in [0.29, 0.717) is 13.0 Å². The van der Waals surface area contributed by atoms with Gasteiger partial charge in [0.05, 0.1) is 24.2 Å². The molecule has 0 N–H and O–H groups in total. The molecule has 0 fully saturated rings. The second kappa shape index (κ2) is 4.11. The maximum Gasteiger partial charge on any atom is 0.143 e. The lowest BCUT2D eigenvalue weighted by molar-refractivity contribution is 0.268. The number of halogens is 1. The highest BCUT2D eigenvalue weighted by Gasteiger charge is 2.24. The molecular formula is C11H11BrN2O. The normalized spacial score (nSPS) is 19.0. The van der Waals surface area contributed by atoms with Crippen LogP contribution < -0.4 is 9.64 Å². The first kappa shape index (κ1) is 10.3. The van der Waals surface area contributed by atoms with Gasteiger partial charge in [0.1, 0.15) is 12.4 Å². The van der Waals surface area contributed by atoms with Crippen LogP contribution in [-0.2, 0) is 0 Å². The van der Waals surface area contributed by atoms with Gasteiger partial charge in [-0.3, -0.25) is 0 Å². The van der Waals surface area contributed by atoms with E-state index in [-0.39, 0.29) is 6.04 Å². The first-order chi connectivity index (χ1) is 7.22. The highest BCUT2D eigenvalue weighted by Crippen LogP contribution is 2.35. The van der Waals surface area contributed by atoms with E-state index >= 15 is 0 Å². The summed E-state index contributed by atoms with van der Waals surface area (Å²) in [6, 6.07) is 8.27. The van der Waals surface area contributed by atoms with Crippen LogP contribution in [0.1, 0.15) is 6.42 Å². The Morgan fingerprint density at radius 3 is 3.20 bits per heavy atom. The van der Waals surface area contributed by atoms with Crippen molar-refractivity contribution in [2.45, 2.75) is 12.5 Å². The Hall–Kier alpha value is -1.21. The van der Waals surface area contributed by atoms with E-state index in [0.717, 1.165) is 15.9 Å². The number of benzene rings is 1. The molecule has 78 valence electrons. The van der Waals surface area contributed by atoms with E-state index in [1.807, 2.05) is 25.2 Å². The van der Waals surface area contributed by atoms with Crippen molar-refractivity contribution in [2.75, 3.05) is 18.6 Å². The highest BCUT2D eigenvalue weighted by atomic mass is 79.9. The van der Waals surface area contributed by atoms with Gasteiger partial charge in [0.2, 0.25) is 0 Å². The third-order valence-electron chi connectivity index (χ3n) is 2.61. The molecule has 1 unspecified atom stereocenters. The van der Waals surface area contributed by atoms with Crippen LogP contribution in [0.4, 0.5) is 5.69 Å². The number of hydrogen-bond donors (Lipinski definition) is 0. The molecule has 0 bridgehead atoms. The Morgan fingerprint density at radius 1 is 1.67 bits per heavy atom. The highest BCUT2D eigenvalue weighted by molar-refractivity contribution is 9.10. The van der Waals surface area contributed by atoms with Crippen LogP contribution in [0.25, 0.3) is 0 Å². The maximum absolute atomic E-state index is 8.69. The van der Waals surface area contributed by atoms with Gasteiger partial charge in [-0.25, -0.2) is 0 Å². The van der Waals surface area contributed by atoms with Crippen LogP contribution in [0.2, 0.25) is 0 Å². The maximum atomic E-state index is 8.69. The number of anilines is 1. The molecule has 1 aromatic rings. The zero-order valence-corrected chi connectivity index (χ0v) is 9.99. The summed E-state index contributed by atoms with van der Waals surface area (Å²) in [5, 5.41) is 8.69. The molecule has 4 heteroatoms. The van der Waals surface area contributed by atoms with Crippen molar-refractivity contribution in [3.05, 3.63) is 22.7 Å².